The zero-order chi connectivity index (χ0) is 10.2. The number of azide groups is 1. The summed E-state index contributed by atoms with van der Waals surface area (Å²) < 4.78 is 5.44. The van der Waals surface area contributed by atoms with E-state index in [1.807, 2.05) is 24.3 Å². The van der Waals surface area contributed by atoms with E-state index in [1.165, 1.54) is 0 Å². The van der Waals surface area contributed by atoms with Gasteiger partial charge in [-0.25, -0.2) is 0 Å². The number of ether oxygens (including phenoxy) is 1. The Labute approximate surface area is 90.5 Å². The standard InChI is InChI=1S/C10H13N3O.CH4/c1-2-6-14-10-5-3-4-9(7-10)8-12-13-11;/h3-5,7H,2,6,8H2,1H3;1H4. The normalized spacial score (nSPS) is 8.60. The Hall–Kier alpha value is -1.67. The third kappa shape index (κ3) is 4.93. The minimum Gasteiger partial charge on any atom is -0.494 e. The third-order valence-electron chi connectivity index (χ3n) is 1.69. The van der Waals surface area contributed by atoms with Crippen molar-refractivity contribution in [2.75, 3.05) is 6.61 Å². The van der Waals surface area contributed by atoms with Gasteiger partial charge in [-0.1, -0.05) is 31.6 Å². The first-order valence-electron chi connectivity index (χ1n) is 4.59. The Bertz CT molecular complexity index is 332. The molecule has 15 heavy (non-hydrogen) atoms. The molecular weight excluding hydrogens is 190 g/mol. The van der Waals surface area contributed by atoms with Crippen molar-refractivity contribution in [3.05, 3.63) is 40.3 Å². The summed E-state index contributed by atoms with van der Waals surface area (Å²) in [5.41, 5.74) is 9.13. The molecule has 0 aliphatic carbocycles. The number of benzene rings is 1. The smallest absolute Gasteiger partial charge is 0.119 e. The van der Waals surface area contributed by atoms with Crippen LogP contribution in [0.2, 0.25) is 0 Å². The van der Waals surface area contributed by atoms with E-state index in [2.05, 4.69) is 16.9 Å². The molecular formula is C11H17N3O. The van der Waals surface area contributed by atoms with Crippen LogP contribution in [0, 0.1) is 0 Å². The van der Waals surface area contributed by atoms with Crippen molar-refractivity contribution in [1.82, 2.24) is 0 Å². The summed E-state index contributed by atoms with van der Waals surface area (Å²) in [6.07, 6.45) is 0.987. The molecule has 0 aliphatic heterocycles. The lowest BCUT2D eigenvalue weighted by molar-refractivity contribution is 0.317. The lowest BCUT2D eigenvalue weighted by Gasteiger charge is -2.05. The Kier molecular flexibility index (Phi) is 6.85. The quantitative estimate of drug-likeness (QED) is 0.410. The molecule has 1 aromatic carbocycles. The summed E-state index contributed by atoms with van der Waals surface area (Å²) in [6.45, 7) is 3.15. The van der Waals surface area contributed by atoms with Crippen LogP contribution in [-0.2, 0) is 6.54 Å². The zero-order valence-corrected chi connectivity index (χ0v) is 8.18. The highest BCUT2D eigenvalue weighted by Gasteiger charge is 1.94. The number of nitrogens with zero attached hydrogens (tertiary/aromatic N) is 3. The number of hydrogen-bond donors (Lipinski definition) is 0. The van der Waals surface area contributed by atoms with E-state index in [1.54, 1.807) is 0 Å². The predicted octanol–water partition coefficient (Wildman–Crippen LogP) is 3.92. The largest absolute Gasteiger partial charge is 0.494 e. The highest BCUT2D eigenvalue weighted by atomic mass is 16.5. The third-order valence-corrected chi connectivity index (χ3v) is 1.69. The van der Waals surface area contributed by atoms with Crippen LogP contribution in [0.3, 0.4) is 0 Å². The maximum absolute atomic E-state index is 8.17. The number of hydrogen-bond acceptors (Lipinski definition) is 2. The van der Waals surface area contributed by atoms with Gasteiger partial charge in [-0.3, -0.25) is 0 Å². The monoisotopic (exact) mass is 207 g/mol. The Morgan fingerprint density at radius 2 is 2.27 bits per heavy atom. The topological polar surface area (TPSA) is 58.0 Å². The van der Waals surface area contributed by atoms with Crippen LogP contribution >= 0.6 is 0 Å². The lowest BCUT2D eigenvalue weighted by Crippen LogP contribution is -1.95. The molecule has 0 atom stereocenters. The highest BCUT2D eigenvalue weighted by Crippen LogP contribution is 2.14. The van der Waals surface area contributed by atoms with Gasteiger partial charge in [0.1, 0.15) is 5.75 Å². The van der Waals surface area contributed by atoms with Crippen molar-refractivity contribution < 1.29 is 4.74 Å². The summed E-state index contributed by atoms with van der Waals surface area (Å²) in [4.78, 5) is 2.71. The first-order chi connectivity index (χ1) is 6.86. The van der Waals surface area contributed by atoms with Gasteiger partial charge in [0, 0.05) is 4.91 Å². The Morgan fingerprint density at radius 1 is 1.47 bits per heavy atom. The molecule has 1 aromatic rings. The fourth-order valence-corrected chi connectivity index (χ4v) is 1.07. The van der Waals surface area contributed by atoms with Crippen molar-refractivity contribution in [3.63, 3.8) is 0 Å². The van der Waals surface area contributed by atoms with Gasteiger partial charge in [0.15, 0.2) is 0 Å². The lowest BCUT2D eigenvalue weighted by atomic mass is 10.2. The van der Waals surface area contributed by atoms with E-state index in [0.29, 0.717) is 13.2 Å². The summed E-state index contributed by atoms with van der Waals surface area (Å²) >= 11 is 0. The summed E-state index contributed by atoms with van der Waals surface area (Å²) in [6, 6.07) is 7.60. The van der Waals surface area contributed by atoms with Crippen LogP contribution in [0.5, 0.6) is 5.75 Å². The first kappa shape index (κ1) is 13.3. The van der Waals surface area contributed by atoms with E-state index in [9.17, 15) is 0 Å². The fourth-order valence-electron chi connectivity index (χ4n) is 1.07. The summed E-state index contributed by atoms with van der Waals surface area (Å²) in [5.74, 6) is 0.831. The van der Waals surface area contributed by atoms with Gasteiger partial charge in [-0.05, 0) is 29.6 Å². The molecule has 0 radical (unpaired) electrons. The molecule has 0 spiro atoms. The molecule has 0 saturated heterocycles. The van der Waals surface area contributed by atoms with Crippen LogP contribution in [0.25, 0.3) is 10.4 Å². The van der Waals surface area contributed by atoms with Crippen molar-refractivity contribution in [1.29, 1.82) is 0 Å². The van der Waals surface area contributed by atoms with E-state index in [4.69, 9.17) is 10.3 Å². The van der Waals surface area contributed by atoms with Gasteiger partial charge in [0.25, 0.3) is 0 Å². The average Bonchev–Trinajstić information content (AvgIpc) is 2.24. The second-order valence-corrected chi connectivity index (χ2v) is 2.88. The van der Waals surface area contributed by atoms with Gasteiger partial charge in [0.2, 0.25) is 0 Å². The Balaban J connectivity index is 0.00000196. The van der Waals surface area contributed by atoms with Gasteiger partial charge in [-0.2, -0.15) is 0 Å². The van der Waals surface area contributed by atoms with Crippen molar-refractivity contribution >= 4 is 0 Å². The fraction of sp³-hybridized carbons (Fsp3) is 0.455. The van der Waals surface area contributed by atoms with Crippen LogP contribution in [0.4, 0.5) is 0 Å². The van der Waals surface area contributed by atoms with E-state index in [-0.39, 0.29) is 7.43 Å². The molecule has 1 rings (SSSR count). The first-order valence-corrected chi connectivity index (χ1v) is 4.59. The molecule has 0 amide bonds. The molecule has 0 unspecified atom stereocenters. The van der Waals surface area contributed by atoms with Gasteiger partial charge >= 0.3 is 0 Å². The average molecular weight is 207 g/mol. The minimum absolute atomic E-state index is 0. The molecule has 0 aliphatic rings. The van der Waals surface area contributed by atoms with Crippen LogP contribution in [0.15, 0.2) is 29.4 Å². The van der Waals surface area contributed by atoms with Crippen LogP contribution in [0.1, 0.15) is 26.3 Å². The molecule has 0 aromatic heterocycles. The summed E-state index contributed by atoms with van der Waals surface area (Å²) in [5, 5.41) is 3.49. The van der Waals surface area contributed by atoms with E-state index < -0.39 is 0 Å². The summed E-state index contributed by atoms with van der Waals surface area (Å²) in [7, 11) is 0. The van der Waals surface area contributed by atoms with Crippen molar-refractivity contribution in [2.24, 2.45) is 5.11 Å². The van der Waals surface area contributed by atoms with Gasteiger partial charge in [0.05, 0.1) is 13.2 Å². The van der Waals surface area contributed by atoms with Crippen molar-refractivity contribution in [2.45, 2.75) is 27.3 Å². The minimum atomic E-state index is 0. The maximum Gasteiger partial charge on any atom is 0.119 e. The second-order valence-electron chi connectivity index (χ2n) is 2.88. The van der Waals surface area contributed by atoms with Crippen molar-refractivity contribution in [3.8, 4) is 5.75 Å². The maximum atomic E-state index is 8.17. The van der Waals surface area contributed by atoms with E-state index >= 15 is 0 Å². The van der Waals surface area contributed by atoms with Crippen LogP contribution in [-0.4, -0.2) is 6.61 Å². The number of rotatable bonds is 5. The van der Waals surface area contributed by atoms with Gasteiger partial charge in [-0.15, -0.1) is 0 Å². The molecule has 4 heteroatoms. The highest BCUT2D eigenvalue weighted by molar-refractivity contribution is 5.28. The second kappa shape index (κ2) is 7.71. The van der Waals surface area contributed by atoms with Gasteiger partial charge < -0.3 is 4.74 Å². The van der Waals surface area contributed by atoms with E-state index in [0.717, 1.165) is 17.7 Å². The molecule has 0 fully saturated rings. The molecule has 0 saturated carbocycles. The SMILES string of the molecule is C.CCCOc1cccc(CN=[N+]=[N-])c1. The molecule has 82 valence electrons. The molecule has 0 bridgehead atoms. The molecule has 0 heterocycles. The Morgan fingerprint density at radius 3 is 2.93 bits per heavy atom. The molecule has 4 nitrogen and oxygen atoms in total. The zero-order valence-electron chi connectivity index (χ0n) is 8.18. The predicted molar refractivity (Wildman–Crippen MR) is 61.8 cm³/mol. The molecule has 0 N–H and O–H groups in total. The van der Waals surface area contributed by atoms with Crippen LogP contribution < -0.4 is 4.74 Å².